The second kappa shape index (κ2) is 8.65. The first kappa shape index (κ1) is 23.9. The number of nitrogen functional groups attached to an aromatic ring is 1. The number of anilines is 2. The minimum atomic E-state index is -4.69. The first-order chi connectivity index (χ1) is 14.8. The number of hydrogen-bond donors (Lipinski definition) is 1. The number of nitrogens with two attached hydrogens (primary N) is 1. The van der Waals surface area contributed by atoms with Crippen LogP contribution in [0.2, 0.25) is 5.02 Å². The number of alkyl halides is 3. The Bertz CT molecular complexity index is 1020. The molecule has 0 spiro atoms. The highest BCUT2D eigenvalue weighted by Crippen LogP contribution is 2.40. The molecule has 2 aromatic rings. The number of halogens is 5. The van der Waals surface area contributed by atoms with Crippen molar-refractivity contribution in [3.63, 3.8) is 0 Å². The Morgan fingerprint density at radius 2 is 1.75 bits per heavy atom. The third-order valence-corrected chi connectivity index (χ3v) is 5.14. The lowest BCUT2D eigenvalue weighted by molar-refractivity contribution is -0.137. The summed E-state index contributed by atoms with van der Waals surface area (Å²) in [5.74, 6) is -1.26. The number of carbonyl (C=O) groups is 1. The Morgan fingerprint density at radius 3 is 2.31 bits per heavy atom. The van der Waals surface area contributed by atoms with Gasteiger partial charge in [0.15, 0.2) is 0 Å². The molecule has 0 atom stereocenters. The number of aromatic nitrogens is 1. The minimum absolute atomic E-state index is 0.0274. The molecular formula is C21H23ClF4N4O2. The molecule has 0 radical (unpaired) electrons. The van der Waals surface area contributed by atoms with Crippen molar-refractivity contribution in [3.8, 4) is 11.1 Å². The fraction of sp³-hybridized carbons (Fsp3) is 0.429. The van der Waals surface area contributed by atoms with E-state index in [4.69, 9.17) is 22.1 Å². The van der Waals surface area contributed by atoms with E-state index in [0.29, 0.717) is 0 Å². The van der Waals surface area contributed by atoms with Crippen molar-refractivity contribution in [1.29, 1.82) is 0 Å². The normalized spacial score (nSPS) is 15.1. The molecule has 32 heavy (non-hydrogen) atoms. The fourth-order valence-electron chi connectivity index (χ4n) is 3.34. The van der Waals surface area contributed by atoms with Crippen LogP contribution < -0.4 is 10.6 Å². The van der Waals surface area contributed by atoms with E-state index in [2.05, 4.69) is 4.98 Å². The molecule has 174 valence electrons. The maximum Gasteiger partial charge on any atom is 0.418 e. The van der Waals surface area contributed by atoms with Crippen LogP contribution in [0.1, 0.15) is 26.3 Å². The van der Waals surface area contributed by atoms with E-state index in [1.54, 1.807) is 20.8 Å². The number of hydrogen-bond acceptors (Lipinski definition) is 5. The van der Waals surface area contributed by atoms with E-state index < -0.39 is 29.4 Å². The topological polar surface area (TPSA) is 71.7 Å². The van der Waals surface area contributed by atoms with Crippen LogP contribution in [0.15, 0.2) is 24.3 Å². The van der Waals surface area contributed by atoms with Gasteiger partial charge in [-0.25, -0.2) is 9.78 Å². The van der Waals surface area contributed by atoms with E-state index in [1.807, 2.05) is 0 Å². The first-order valence-electron chi connectivity index (χ1n) is 9.82. The van der Waals surface area contributed by atoms with Gasteiger partial charge in [0.25, 0.3) is 0 Å². The highest BCUT2D eigenvalue weighted by Gasteiger charge is 2.36. The summed E-state index contributed by atoms with van der Waals surface area (Å²) >= 11 is 5.87. The molecule has 1 aromatic carbocycles. The molecule has 1 aliphatic heterocycles. The second-order valence-electron chi connectivity index (χ2n) is 8.38. The number of rotatable bonds is 2. The number of pyridine rings is 1. The van der Waals surface area contributed by atoms with E-state index in [1.165, 1.54) is 21.9 Å². The predicted molar refractivity (Wildman–Crippen MR) is 114 cm³/mol. The molecule has 6 nitrogen and oxygen atoms in total. The third kappa shape index (κ3) is 5.35. The molecule has 2 heterocycles. The van der Waals surface area contributed by atoms with Gasteiger partial charge in [0.1, 0.15) is 11.4 Å². The Morgan fingerprint density at radius 1 is 1.12 bits per heavy atom. The van der Waals surface area contributed by atoms with Crippen molar-refractivity contribution in [1.82, 2.24) is 9.88 Å². The van der Waals surface area contributed by atoms with Crippen LogP contribution in [0.5, 0.6) is 0 Å². The predicted octanol–water partition coefficient (Wildman–Crippen LogP) is 5.20. The third-order valence-electron chi connectivity index (χ3n) is 4.84. The summed E-state index contributed by atoms with van der Waals surface area (Å²) in [7, 11) is 0. The van der Waals surface area contributed by atoms with Crippen molar-refractivity contribution < 1.29 is 27.1 Å². The Balaban J connectivity index is 1.87. The molecule has 1 aliphatic rings. The number of piperazine rings is 1. The monoisotopic (exact) mass is 474 g/mol. The SMILES string of the molecule is CC(C)(C)OC(=O)N1CCN(c2ccc(-c3cc(Cl)c(N)nc3F)cc2C(F)(F)F)CC1. The van der Waals surface area contributed by atoms with Crippen LogP contribution in [0, 0.1) is 5.95 Å². The summed E-state index contributed by atoms with van der Waals surface area (Å²) in [5.41, 5.74) is 3.59. The molecule has 0 bridgehead atoms. The number of carbonyl (C=O) groups excluding carboxylic acids is 1. The largest absolute Gasteiger partial charge is 0.444 e. The molecule has 1 aromatic heterocycles. The lowest BCUT2D eigenvalue weighted by Gasteiger charge is -2.37. The quantitative estimate of drug-likeness (QED) is 0.478. The molecule has 11 heteroatoms. The average Bonchev–Trinajstić information content (AvgIpc) is 2.68. The summed E-state index contributed by atoms with van der Waals surface area (Å²) in [6, 6.07) is 4.67. The Labute approximate surface area is 187 Å². The zero-order valence-electron chi connectivity index (χ0n) is 17.8. The van der Waals surface area contributed by atoms with E-state index >= 15 is 0 Å². The van der Waals surface area contributed by atoms with Gasteiger partial charge < -0.3 is 20.3 Å². The molecule has 1 saturated heterocycles. The van der Waals surface area contributed by atoms with Crippen LogP contribution in [0.3, 0.4) is 0 Å². The van der Waals surface area contributed by atoms with Gasteiger partial charge in [-0.1, -0.05) is 17.7 Å². The van der Waals surface area contributed by atoms with Gasteiger partial charge in [-0.2, -0.15) is 17.6 Å². The van der Waals surface area contributed by atoms with Crippen molar-refractivity contribution >= 4 is 29.2 Å². The van der Waals surface area contributed by atoms with Gasteiger partial charge in [0.05, 0.1) is 10.6 Å². The van der Waals surface area contributed by atoms with Crippen molar-refractivity contribution in [2.45, 2.75) is 32.5 Å². The molecular weight excluding hydrogens is 452 g/mol. The lowest BCUT2D eigenvalue weighted by atomic mass is 10.0. The zero-order chi connectivity index (χ0) is 23.8. The number of nitrogens with zero attached hydrogens (tertiary/aromatic N) is 3. The van der Waals surface area contributed by atoms with E-state index in [0.717, 1.165) is 12.1 Å². The van der Waals surface area contributed by atoms with Gasteiger partial charge in [0.2, 0.25) is 5.95 Å². The molecule has 1 amide bonds. The van der Waals surface area contributed by atoms with Gasteiger partial charge >= 0.3 is 12.3 Å². The van der Waals surface area contributed by atoms with Crippen LogP contribution in [0.25, 0.3) is 11.1 Å². The summed E-state index contributed by atoms with van der Waals surface area (Å²) in [6.07, 6.45) is -5.19. The highest BCUT2D eigenvalue weighted by atomic mass is 35.5. The summed E-state index contributed by atoms with van der Waals surface area (Å²) < 4.78 is 61.2. The fourth-order valence-corrected chi connectivity index (χ4v) is 3.50. The Hall–Kier alpha value is -2.75. The molecule has 1 fully saturated rings. The lowest BCUT2D eigenvalue weighted by Crippen LogP contribution is -2.50. The molecule has 0 saturated carbocycles. The smallest absolute Gasteiger partial charge is 0.418 e. The van der Waals surface area contributed by atoms with E-state index in [-0.39, 0.29) is 53.8 Å². The number of ether oxygens (including phenoxy) is 1. The maximum absolute atomic E-state index is 14.2. The first-order valence-corrected chi connectivity index (χ1v) is 10.2. The van der Waals surface area contributed by atoms with Crippen LogP contribution in [0.4, 0.5) is 33.9 Å². The molecule has 3 rings (SSSR count). The zero-order valence-corrected chi connectivity index (χ0v) is 18.5. The van der Waals surface area contributed by atoms with E-state index in [9.17, 15) is 22.4 Å². The molecule has 0 aliphatic carbocycles. The van der Waals surface area contributed by atoms with Gasteiger partial charge in [-0.05, 0) is 44.5 Å². The number of amides is 1. The second-order valence-corrected chi connectivity index (χ2v) is 8.79. The summed E-state index contributed by atoms with van der Waals surface area (Å²) in [4.78, 5) is 18.7. The standard InChI is InChI=1S/C21H23ClF4N4O2/c1-20(2,3)32-19(31)30-8-6-29(7-9-30)16-5-4-12(10-14(16)21(24,25)26)13-11-15(22)18(27)28-17(13)23/h4-5,10-11H,6-9H2,1-3H3,(H2,27,28). The van der Waals surface area contributed by atoms with Crippen molar-refractivity contribution in [2.75, 3.05) is 36.8 Å². The van der Waals surface area contributed by atoms with Crippen molar-refractivity contribution in [3.05, 3.63) is 40.8 Å². The number of benzene rings is 1. The molecule has 0 unspecified atom stereocenters. The maximum atomic E-state index is 14.2. The average molecular weight is 475 g/mol. The van der Waals surface area contributed by atoms with Gasteiger partial charge in [-0.3, -0.25) is 0 Å². The van der Waals surface area contributed by atoms with Crippen LogP contribution in [-0.4, -0.2) is 47.8 Å². The highest BCUT2D eigenvalue weighted by molar-refractivity contribution is 6.33. The summed E-state index contributed by atoms with van der Waals surface area (Å²) in [5, 5.41) is -0.0581. The van der Waals surface area contributed by atoms with Crippen molar-refractivity contribution in [2.24, 2.45) is 0 Å². The van der Waals surface area contributed by atoms with Crippen LogP contribution in [-0.2, 0) is 10.9 Å². The summed E-state index contributed by atoms with van der Waals surface area (Å²) in [6.45, 7) is 6.01. The van der Waals surface area contributed by atoms with Crippen LogP contribution >= 0.6 is 11.6 Å². The Kier molecular flexibility index (Phi) is 6.46. The minimum Gasteiger partial charge on any atom is -0.444 e. The van der Waals surface area contributed by atoms with Gasteiger partial charge in [0, 0.05) is 37.4 Å². The molecule has 2 N–H and O–H groups in total. The van der Waals surface area contributed by atoms with Gasteiger partial charge in [-0.15, -0.1) is 0 Å².